The van der Waals surface area contributed by atoms with Gasteiger partial charge in [0.25, 0.3) is 5.69 Å². The number of aromatic hydroxyl groups is 1. The second-order valence-electron chi connectivity index (χ2n) is 5.68. The first-order valence-electron chi connectivity index (χ1n) is 8.30. The molecule has 28 heavy (non-hydrogen) atoms. The Morgan fingerprint density at radius 1 is 1.39 bits per heavy atom. The number of non-ortho nitro benzene ring substituents is 1. The van der Waals surface area contributed by atoms with Crippen molar-refractivity contribution in [3.8, 4) is 28.8 Å². The third-order valence-corrected chi connectivity index (χ3v) is 4.68. The highest BCUT2D eigenvalue weighted by molar-refractivity contribution is 7.11. The predicted octanol–water partition coefficient (Wildman–Crippen LogP) is 4.89. The zero-order chi connectivity index (χ0) is 20.1. The summed E-state index contributed by atoms with van der Waals surface area (Å²) < 4.78 is 5.36. The van der Waals surface area contributed by atoms with Crippen molar-refractivity contribution in [1.29, 1.82) is 5.26 Å². The van der Waals surface area contributed by atoms with Gasteiger partial charge in [0.15, 0.2) is 11.5 Å². The van der Waals surface area contributed by atoms with E-state index in [1.807, 2.05) is 6.92 Å². The summed E-state index contributed by atoms with van der Waals surface area (Å²) in [4.78, 5) is 14.9. The summed E-state index contributed by atoms with van der Waals surface area (Å²) in [6, 6.07) is 13.1. The molecule has 140 valence electrons. The van der Waals surface area contributed by atoms with E-state index in [1.54, 1.807) is 35.7 Å². The Balaban J connectivity index is 1.94. The van der Waals surface area contributed by atoms with E-state index in [4.69, 9.17) is 4.74 Å². The molecule has 3 aromatic rings. The van der Waals surface area contributed by atoms with Gasteiger partial charge < -0.3 is 9.84 Å². The first-order valence-corrected chi connectivity index (χ1v) is 9.18. The van der Waals surface area contributed by atoms with Crippen molar-refractivity contribution in [3.63, 3.8) is 0 Å². The van der Waals surface area contributed by atoms with Gasteiger partial charge in [-0.05, 0) is 30.7 Å². The van der Waals surface area contributed by atoms with Gasteiger partial charge in [-0.15, -0.1) is 11.3 Å². The molecule has 0 aliphatic rings. The zero-order valence-corrected chi connectivity index (χ0v) is 15.6. The van der Waals surface area contributed by atoms with Crippen LogP contribution in [-0.4, -0.2) is 21.6 Å². The minimum absolute atomic E-state index is 0.0179. The Labute approximate surface area is 164 Å². The summed E-state index contributed by atoms with van der Waals surface area (Å²) in [6.45, 7) is 2.22. The Hall–Kier alpha value is -3.70. The van der Waals surface area contributed by atoms with Gasteiger partial charge in [-0.1, -0.05) is 18.2 Å². The average molecular weight is 393 g/mol. The number of nitriles is 1. The fraction of sp³-hybridized carbons (Fsp3) is 0.100. The van der Waals surface area contributed by atoms with E-state index in [0.29, 0.717) is 39.8 Å². The summed E-state index contributed by atoms with van der Waals surface area (Å²) in [7, 11) is 0. The van der Waals surface area contributed by atoms with Crippen molar-refractivity contribution in [2.45, 2.75) is 6.92 Å². The molecule has 3 rings (SSSR count). The molecule has 0 radical (unpaired) electrons. The molecule has 8 heteroatoms. The molecule has 0 saturated heterocycles. The van der Waals surface area contributed by atoms with Gasteiger partial charge >= 0.3 is 0 Å². The van der Waals surface area contributed by atoms with E-state index in [9.17, 15) is 20.5 Å². The summed E-state index contributed by atoms with van der Waals surface area (Å²) >= 11 is 1.28. The Morgan fingerprint density at radius 2 is 2.21 bits per heavy atom. The van der Waals surface area contributed by atoms with E-state index in [0.717, 1.165) is 0 Å². The molecule has 2 aromatic carbocycles. The number of hydrogen-bond donors (Lipinski definition) is 1. The molecule has 0 bridgehead atoms. The van der Waals surface area contributed by atoms with Gasteiger partial charge in [-0.2, -0.15) is 5.26 Å². The summed E-state index contributed by atoms with van der Waals surface area (Å²) in [5, 5.41) is 32.5. The number of nitro groups is 1. The molecule has 1 N–H and O–H groups in total. The fourth-order valence-electron chi connectivity index (χ4n) is 2.51. The molecule has 1 heterocycles. The molecule has 1 aromatic heterocycles. The molecule has 0 unspecified atom stereocenters. The standard InChI is InChI=1S/C20H15N3O4S/c1-2-27-19-9-13(6-7-18(19)24)8-15(11-21)20-22-17(12-28-20)14-4-3-5-16(10-14)23(25)26/h3-10,12,24H,2H2,1H3/b15-8-. The van der Waals surface area contributed by atoms with Gasteiger partial charge in [-0.25, -0.2) is 4.98 Å². The van der Waals surface area contributed by atoms with E-state index in [1.165, 1.54) is 29.5 Å². The number of phenols is 1. The second-order valence-corrected chi connectivity index (χ2v) is 6.53. The third-order valence-electron chi connectivity index (χ3n) is 3.80. The molecule has 0 atom stereocenters. The molecule has 0 aliphatic heterocycles. The van der Waals surface area contributed by atoms with Crippen LogP contribution in [0.3, 0.4) is 0 Å². The van der Waals surface area contributed by atoms with Crippen LogP contribution in [0.2, 0.25) is 0 Å². The van der Waals surface area contributed by atoms with Crippen LogP contribution in [0.25, 0.3) is 22.9 Å². The average Bonchev–Trinajstić information content (AvgIpc) is 3.19. The zero-order valence-electron chi connectivity index (χ0n) is 14.8. The van der Waals surface area contributed by atoms with Crippen molar-refractivity contribution in [2.75, 3.05) is 6.61 Å². The number of allylic oxidation sites excluding steroid dienone is 1. The molecular formula is C20H15N3O4S. The number of benzene rings is 2. The van der Waals surface area contributed by atoms with Crippen molar-refractivity contribution in [3.05, 3.63) is 68.5 Å². The smallest absolute Gasteiger partial charge is 0.270 e. The largest absolute Gasteiger partial charge is 0.504 e. The van der Waals surface area contributed by atoms with Gasteiger partial charge in [-0.3, -0.25) is 10.1 Å². The number of ether oxygens (including phenoxy) is 1. The van der Waals surface area contributed by atoms with Crippen molar-refractivity contribution < 1.29 is 14.8 Å². The molecule has 0 aliphatic carbocycles. The summed E-state index contributed by atoms with van der Waals surface area (Å²) in [5.41, 5.74) is 2.18. The third kappa shape index (κ3) is 4.16. The monoisotopic (exact) mass is 393 g/mol. The minimum Gasteiger partial charge on any atom is -0.504 e. The lowest BCUT2D eigenvalue weighted by Gasteiger charge is -2.06. The number of hydrogen-bond acceptors (Lipinski definition) is 7. The van der Waals surface area contributed by atoms with Crippen LogP contribution in [0.15, 0.2) is 47.8 Å². The Morgan fingerprint density at radius 3 is 2.93 bits per heavy atom. The Kier molecular flexibility index (Phi) is 5.67. The van der Waals surface area contributed by atoms with Crippen LogP contribution in [0.4, 0.5) is 5.69 Å². The number of nitrogens with zero attached hydrogens (tertiary/aromatic N) is 3. The van der Waals surface area contributed by atoms with Crippen molar-refractivity contribution >= 4 is 28.7 Å². The fourth-order valence-corrected chi connectivity index (χ4v) is 3.30. The maximum Gasteiger partial charge on any atom is 0.270 e. The predicted molar refractivity (Wildman–Crippen MR) is 107 cm³/mol. The Bertz CT molecular complexity index is 1100. The highest BCUT2D eigenvalue weighted by atomic mass is 32.1. The van der Waals surface area contributed by atoms with Crippen LogP contribution in [0.1, 0.15) is 17.5 Å². The lowest BCUT2D eigenvalue weighted by atomic mass is 10.1. The lowest BCUT2D eigenvalue weighted by molar-refractivity contribution is -0.384. The quantitative estimate of drug-likeness (QED) is 0.363. The number of aromatic nitrogens is 1. The van der Waals surface area contributed by atoms with Crippen LogP contribution < -0.4 is 4.74 Å². The normalized spacial score (nSPS) is 11.1. The number of thiazole rings is 1. The first-order chi connectivity index (χ1) is 13.5. The summed E-state index contributed by atoms with van der Waals surface area (Å²) in [6.07, 6.45) is 1.65. The maximum atomic E-state index is 11.0. The van der Waals surface area contributed by atoms with Gasteiger partial charge in [0.2, 0.25) is 0 Å². The number of phenolic OH excluding ortho intramolecular Hbond substituents is 1. The van der Waals surface area contributed by atoms with Crippen LogP contribution in [0, 0.1) is 21.4 Å². The molecular weight excluding hydrogens is 378 g/mol. The summed E-state index contributed by atoms with van der Waals surface area (Å²) in [5.74, 6) is 0.365. The molecule has 0 spiro atoms. The van der Waals surface area contributed by atoms with Gasteiger partial charge in [0.1, 0.15) is 11.1 Å². The van der Waals surface area contributed by atoms with Gasteiger partial charge in [0, 0.05) is 23.1 Å². The maximum absolute atomic E-state index is 11.0. The molecule has 0 amide bonds. The SMILES string of the molecule is CCOc1cc(/C=C(/C#N)c2nc(-c3cccc([N+](=O)[O-])c3)cs2)ccc1O. The van der Waals surface area contributed by atoms with E-state index >= 15 is 0 Å². The second kappa shape index (κ2) is 8.33. The molecule has 0 fully saturated rings. The van der Waals surface area contributed by atoms with Crippen molar-refractivity contribution in [2.24, 2.45) is 0 Å². The van der Waals surface area contributed by atoms with Crippen molar-refractivity contribution in [1.82, 2.24) is 4.98 Å². The first kappa shape index (κ1) is 19.1. The highest BCUT2D eigenvalue weighted by Crippen LogP contribution is 2.31. The topological polar surface area (TPSA) is 109 Å². The van der Waals surface area contributed by atoms with E-state index in [2.05, 4.69) is 11.1 Å². The number of nitro benzene ring substituents is 1. The minimum atomic E-state index is -0.460. The molecule has 7 nitrogen and oxygen atoms in total. The molecule has 0 saturated carbocycles. The van der Waals surface area contributed by atoms with Crippen LogP contribution in [0.5, 0.6) is 11.5 Å². The van der Waals surface area contributed by atoms with Crippen LogP contribution in [-0.2, 0) is 0 Å². The lowest BCUT2D eigenvalue weighted by Crippen LogP contribution is -1.92. The van der Waals surface area contributed by atoms with Gasteiger partial charge in [0.05, 0.1) is 22.8 Å². The van der Waals surface area contributed by atoms with E-state index < -0.39 is 4.92 Å². The van der Waals surface area contributed by atoms with E-state index in [-0.39, 0.29) is 11.4 Å². The number of rotatable bonds is 6. The van der Waals surface area contributed by atoms with Crippen LogP contribution >= 0.6 is 11.3 Å². The highest BCUT2D eigenvalue weighted by Gasteiger charge is 2.12.